The van der Waals surface area contributed by atoms with E-state index in [1.807, 2.05) is 18.2 Å². The van der Waals surface area contributed by atoms with Crippen LogP contribution in [0.2, 0.25) is 5.02 Å². The highest BCUT2D eigenvalue weighted by molar-refractivity contribution is 6.30. The Hall–Kier alpha value is -2.77. The van der Waals surface area contributed by atoms with Crippen LogP contribution in [0.3, 0.4) is 0 Å². The van der Waals surface area contributed by atoms with Gasteiger partial charge in [-0.3, -0.25) is 9.59 Å². The number of methoxy groups -OCH3 is 2. The monoisotopic (exact) mass is 474 g/mol. The number of rotatable bonds is 10. The predicted molar refractivity (Wildman–Crippen MR) is 127 cm³/mol. The third-order valence-electron chi connectivity index (χ3n) is 5.76. The molecule has 1 fully saturated rings. The summed E-state index contributed by atoms with van der Waals surface area (Å²) in [7, 11) is 3.12. The fourth-order valence-corrected chi connectivity index (χ4v) is 3.93. The Morgan fingerprint density at radius 1 is 1.12 bits per heavy atom. The van der Waals surface area contributed by atoms with E-state index in [2.05, 4.69) is 5.32 Å². The second kappa shape index (κ2) is 11.9. The Kier molecular flexibility index (Phi) is 8.97. The topological polar surface area (TPSA) is 77.1 Å². The van der Waals surface area contributed by atoms with Crippen LogP contribution in [0.25, 0.3) is 0 Å². The van der Waals surface area contributed by atoms with E-state index in [1.54, 1.807) is 50.3 Å². The van der Waals surface area contributed by atoms with Crippen LogP contribution >= 0.6 is 11.6 Å². The Bertz CT molecular complexity index is 944. The Labute approximate surface area is 200 Å². The molecule has 0 radical (unpaired) electrons. The number of amides is 2. The zero-order valence-corrected chi connectivity index (χ0v) is 20.1. The largest absolute Gasteiger partial charge is 0.493 e. The van der Waals surface area contributed by atoms with E-state index in [1.165, 1.54) is 0 Å². The molecule has 2 aromatic carbocycles. The van der Waals surface area contributed by atoms with Crippen LogP contribution < -0.4 is 14.8 Å². The number of nitrogens with zero attached hydrogens (tertiary/aromatic N) is 1. The number of hydrogen-bond donors (Lipinski definition) is 1. The molecule has 33 heavy (non-hydrogen) atoms. The summed E-state index contributed by atoms with van der Waals surface area (Å²) in [5.41, 5.74) is 1.66. The number of ether oxygens (including phenoxy) is 3. The minimum absolute atomic E-state index is 0.0355. The molecule has 1 aliphatic rings. The van der Waals surface area contributed by atoms with Crippen LogP contribution in [0.4, 0.5) is 0 Å². The van der Waals surface area contributed by atoms with Crippen molar-refractivity contribution in [1.29, 1.82) is 0 Å². The third kappa shape index (κ3) is 6.85. The van der Waals surface area contributed by atoms with E-state index >= 15 is 0 Å². The van der Waals surface area contributed by atoms with Gasteiger partial charge in [-0.15, -0.1) is 0 Å². The molecule has 1 N–H and O–H groups in total. The van der Waals surface area contributed by atoms with Gasteiger partial charge in [0, 0.05) is 24.7 Å². The second-order valence-electron chi connectivity index (χ2n) is 8.07. The molecule has 0 aromatic heterocycles. The van der Waals surface area contributed by atoms with Crippen LogP contribution in [0, 0.1) is 0 Å². The summed E-state index contributed by atoms with van der Waals surface area (Å²) < 4.78 is 16.2. The van der Waals surface area contributed by atoms with Crippen LogP contribution in [-0.4, -0.2) is 56.2 Å². The number of carbonyl (C=O) groups excluding carboxylic acids is 2. The molecule has 0 bridgehead atoms. The molecule has 8 heteroatoms. The highest BCUT2D eigenvalue weighted by Gasteiger charge is 2.27. The van der Waals surface area contributed by atoms with E-state index in [4.69, 9.17) is 25.8 Å². The molecule has 2 amide bonds. The SMILES string of the molecule is COc1ccc(CC(=O)N(Cc2ccc(Cl)cc2)[C@@H](C)C(=O)NC[C@@H]2CCCO2)cc1OC. The maximum atomic E-state index is 13.4. The van der Waals surface area contributed by atoms with E-state index in [0.717, 1.165) is 30.6 Å². The molecule has 0 spiro atoms. The summed E-state index contributed by atoms with van der Waals surface area (Å²) in [6, 6.07) is 12.0. The lowest BCUT2D eigenvalue weighted by Crippen LogP contribution is -2.49. The molecular formula is C25H31ClN2O5. The Balaban J connectivity index is 1.75. The van der Waals surface area contributed by atoms with Gasteiger partial charge in [-0.1, -0.05) is 29.8 Å². The van der Waals surface area contributed by atoms with Crippen molar-refractivity contribution in [2.75, 3.05) is 27.4 Å². The lowest BCUT2D eigenvalue weighted by molar-refractivity contribution is -0.140. The van der Waals surface area contributed by atoms with Crippen molar-refractivity contribution in [2.24, 2.45) is 0 Å². The van der Waals surface area contributed by atoms with Gasteiger partial charge in [0.2, 0.25) is 11.8 Å². The van der Waals surface area contributed by atoms with Crippen LogP contribution in [0.1, 0.15) is 30.9 Å². The number of benzene rings is 2. The standard InChI is InChI=1S/C25H31ClN2O5/c1-17(25(30)27-15-21-5-4-12-33-21)28(16-18-6-9-20(26)10-7-18)24(29)14-19-8-11-22(31-2)23(13-19)32-3/h6-11,13,17,21H,4-5,12,14-16H2,1-3H3,(H,27,30)/t17-,21-/m0/s1. The molecule has 2 aromatic rings. The highest BCUT2D eigenvalue weighted by Crippen LogP contribution is 2.28. The molecule has 0 unspecified atom stereocenters. The van der Waals surface area contributed by atoms with Gasteiger partial charge in [0.05, 0.1) is 26.7 Å². The van der Waals surface area contributed by atoms with E-state index in [9.17, 15) is 9.59 Å². The summed E-state index contributed by atoms with van der Waals surface area (Å²) in [6.45, 7) is 3.20. The molecule has 0 aliphatic carbocycles. The first kappa shape index (κ1) is 24.9. The molecule has 1 saturated heterocycles. The van der Waals surface area contributed by atoms with Crippen molar-refractivity contribution < 1.29 is 23.8 Å². The average Bonchev–Trinajstić information content (AvgIpc) is 3.35. The summed E-state index contributed by atoms with van der Waals surface area (Å²) in [4.78, 5) is 27.9. The predicted octanol–water partition coefficient (Wildman–Crippen LogP) is 3.61. The van der Waals surface area contributed by atoms with Crippen LogP contribution in [0.15, 0.2) is 42.5 Å². The summed E-state index contributed by atoms with van der Waals surface area (Å²) in [5, 5.41) is 3.55. The molecule has 0 saturated carbocycles. The smallest absolute Gasteiger partial charge is 0.242 e. The normalized spacial score (nSPS) is 16.2. The minimum Gasteiger partial charge on any atom is -0.493 e. The van der Waals surface area contributed by atoms with E-state index in [-0.39, 0.29) is 30.9 Å². The van der Waals surface area contributed by atoms with Crippen LogP contribution in [0.5, 0.6) is 11.5 Å². The molecule has 2 atom stereocenters. The Morgan fingerprint density at radius 3 is 2.45 bits per heavy atom. The zero-order valence-electron chi connectivity index (χ0n) is 19.3. The maximum absolute atomic E-state index is 13.4. The lowest BCUT2D eigenvalue weighted by Gasteiger charge is -2.29. The molecule has 1 heterocycles. The molecule has 1 aliphatic heterocycles. The van der Waals surface area contributed by atoms with Crippen molar-refractivity contribution in [3.63, 3.8) is 0 Å². The van der Waals surface area contributed by atoms with Gasteiger partial charge in [-0.25, -0.2) is 0 Å². The first-order valence-corrected chi connectivity index (χ1v) is 11.4. The first-order chi connectivity index (χ1) is 15.9. The molecular weight excluding hydrogens is 444 g/mol. The van der Waals surface area contributed by atoms with Gasteiger partial charge in [0.1, 0.15) is 6.04 Å². The number of carbonyl (C=O) groups is 2. The van der Waals surface area contributed by atoms with E-state index in [0.29, 0.717) is 23.1 Å². The van der Waals surface area contributed by atoms with Crippen molar-refractivity contribution in [3.05, 3.63) is 58.6 Å². The number of hydrogen-bond acceptors (Lipinski definition) is 5. The van der Waals surface area contributed by atoms with Gasteiger partial charge in [0.25, 0.3) is 0 Å². The molecule has 178 valence electrons. The number of halogens is 1. The molecule has 3 rings (SSSR count). The Morgan fingerprint density at radius 2 is 1.82 bits per heavy atom. The highest BCUT2D eigenvalue weighted by atomic mass is 35.5. The summed E-state index contributed by atoms with van der Waals surface area (Å²) in [6.07, 6.45) is 2.09. The fraction of sp³-hybridized carbons (Fsp3) is 0.440. The first-order valence-electron chi connectivity index (χ1n) is 11.1. The molecule has 7 nitrogen and oxygen atoms in total. The van der Waals surface area contributed by atoms with Crippen molar-refractivity contribution >= 4 is 23.4 Å². The fourth-order valence-electron chi connectivity index (χ4n) is 3.80. The van der Waals surface area contributed by atoms with Crippen molar-refractivity contribution in [2.45, 2.75) is 44.9 Å². The van der Waals surface area contributed by atoms with Crippen molar-refractivity contribution in [3.8, 4) is 11.5 Å². The number of nitrogens with one attached hydrogen (secondary N) is 1. The quantitative estimate of drug-likeness (QED) is 0.569. The van der Waals surface area contributed by atoms with Gasteiger partial charge in [-0.05, 0) is 55.2 Å². The van der Waals surface area contributed by atoms with Gasteiger partial charge in [-0.2, -0.15) is 0 Å². The van der Waals surface area contributed by atoms with E-state index < -0.39 is 6.04 Å². The van der Waals surface area contributed by atoms with Gasteiger partial charge >= 0.3 is 0 Å². The van der Waals surface area contributed by atoms with Gasteiger partial charge in [0.15, 0.2) is 11.5 Å². The average molecular weight is 475 g/mol. The van der Waals surface area contributed by atoms with Crippen LogP contribution in [-0.2, 0) is 27.3 Å². The minimum atomic E-state index is -0.658. The lowest BCUT2D eigenvalue weighted by atomic mass is 10.1. The summed E-state index contributed by atoms with van der Waals surface area (Å²) in [5.74, 6) is 0.764. The zero-order chi connectivity index (χ0) is 23.8. The summed E-state index contributed by atoms with van der Waals surface area (Å²) >= 11 is 6.01. The van der Waals surface area contributed by atoms with Crippen molar-refractivity contribution in [1.82, 2.24) is 10.2 Å². The maximum Gasteiger partial charge on any atom is 0.242 e. The second-order valence-corrected chi connectivity index (χ2v) is 8.51. The van der Waals surface area contributed by atoms with Gasteiger partial charge < -0.3 is 24.4 Å². The third-order valence-corrected chi connectivity index (χ3v) is 6.02.